The van der Waals surface area contributed by atoms with Crippen molar-refractivity contribution in [2.45, 2.75) is 32.1 Å². The molecule has 1 aromatic carbocycles. The zero-order chi connectivity index (χ0) is 12.3. The standard InChI is InChI=1S/C13H16ClNO2/c14-11-8-10(5-6-12(11)16)15-13(17)7-9-3-1-2-4-9/h5-6,8-9,16H,1-4,7H2,(H,15,17). The summed E-state index contributed by atoms with van der Waals surface area (Å²) in [5.41, 5.74) is 0.635. The van der Waals surface area contributed by atoms with Crippen molar-refractivity contribution in [3.63, 3.8) is 0 Å². The van der Waals surface area contributed by atoms with Gasteiger partial charge in [-0.3, -0.25) is 4.79 Å². The smallest absolute Gasteiger partial charge is 0.224 e. The lowest BCUT2D eigenvalue weighted by Crippen LogP contribution is -2.14. The summed E-state index contributed by atoms with van der Waals surface area (Å²) in [5, 5.41) is 12.3. The Hall–Kier alpha value is -1.22. The fourth-order valence-electron chi connectivity index (χ4n) is 2.27. The minimum absolute atomic E-state index is 0.0265. The maximum atomic E-state index is 11.7. The van der Waals surface area contributed by atoms with Gasteiger partial charge in [0.15, 0.2) is 0 Å². The van der Waals surface area contributed by atoms with Crippen LogP contribution >= 0.6 is 11.6 Å². The first-order chi connectivity index (χ1) is 8.15. The highest BCUT2D eigenvalue weighted by atomic mass is 35.5. The first-order valence-electron chi connectivity index (χ1n) is 5.93. The van der Waals surface area contributed by atoms with Gasteiger partial charge in [-0.25, -0.2) is 0 Å². The number of phenolic OH excluding ortho intramolecular Hbond substituents is 1. The molecule has 17 heavy (non-hydrogen) atoms. The summed E-state index contributed by atoms with van der Waals surface area (Å²) in [5.74, 6) is 0.585. The lowest BCUT2D eigenvalue weighted by Gasteiger charge is -2.10. The van der Waals surface area contributed by atoms with E-state index in [1.807, 2.05) is 0 Å². The van der Waals surface area contributed by atoms with Gasteiger partial charge in [0.1, 0.15) is 5.75 Å². The third-order valence-corrected chi connectivity index (χ3v) is 3.48. The van der Waals surface area contributed by atoms with Gasteiger partial charge in [-0.15, -0.1) is 0 Å². The lowest BCUT2D eigenvalue weighted by molar-refractivity contribution is -0.117. The second-order valence-corrected chi connectivity index (χ2v) is 4.98. The zero-order valence-electron chi connectivity index (χ0n) is 9.58. The molecule has 1 saturated carbocycles. The molecule has 1 aromatic rings. The van der Waals surface area contributed by atoms with E-state index in [1.165, 1.54) is 18.9 Å². The molecule has 0 heterocycles. The number of aromatic hydroxyl groups is 1. The third kappa shape index (κ3) is 3.37. The van der Waals surface area contributed by atoms with Crippen LogP contribution in [0.5, 0.6) is 5.75 Å². The molecule has 1 amide bonds. The Bertz CT molecular complexity index is 414. The predicted molar refractivity (Wildman–Crippen MR) is 68.3 cm³/mol. The molecule has 0 radical (unpaired) electrons. The number of hydrogen-bond donors (Lipinski definition) is 2. The van der Waals surface area contributed by atoms with E-state index >= 15 is 0 Å². The molecule has 0 spiro atoms. The molecule has 1 fully saturated rings. The highest BCUT2D eigenvalue weighted by molar-refractivity contribution is 6.32. The predicted octanol–water partition coefficient (Wildman–Crippen LogP) is 3.56. The Morgan fingerprint density at radius 3 is 2.76 bits per heavy atom. The summed E-state index contributed by atoms with van der Waals surface area (Å²) in [6.45, 7) is 0. The van der Waals surface area contributed by atoms with E-state index in [2.05, 4.69) is 5.32 Å². The van der Waals surface area contributed by atoms with Crippen LogP contribution in [0.2, 0.25) is 5.02 Å². The van der Waals surface area contributed by atoms with Crippen LogP contribution in [-0.4, -0.2) is 11.0 Å². The van der Waals surface area contributed by atoms with Gasteiger partial charge in [0.05, 0.1) is 5.02 Å². The molecule has 0 aromatic heterocycles. The molecular weight excluding hydrogens is 238 g/mol. The van der Waals surface area contributed by atoms with Crippen LogP contribution in [-0.2, 0) is 4.79 Å². The van der Waals surface area contributed by atoms with Crippen molar-refractivity contribution in [2.75, 3.05) is 5.32 Å². The van der Waals surface area contributed by atoms with Gasteiger partial charge in [-0.1, -0.05) is 24.4 Å². The fraction of sp³-hybridized carbons (Fsp3) is 0.462. The molecule has 4 heteroatoms. The van der Waals surface area contributed by atoms with Crippen LogP contribution in [0.3, 0.4) is 0 Å². The van der Waals surface area contributed by atoms with Crippen molar-refractivity contribution in [1.29, 1.82) is 0 Å². The van der Waals surface area contributed by atoms with Gasteiger partial charge in [0.2, 0.25) is 5.91 Å². The van der Waals surface area contributed by atoms with Crippen LogP contribution < -0.4 is 5.32 Å². The minimum atomic E-state index is 0.0265. The van der Waals surface area contributed by atoms with Crippen molar-refractivity contribution in [3.8, 4) is 5.75 Å². The Morgan fingerprint density at radius 1 is 1.41 bits per heavy atom. The number of amides is 1. The van der Waals surface area contributed by atoms with Crippen LogP contribution in [0.4, 0.5) is 5.69 Å². The summed E-state index contributed by atoms with van der Waals surface area (Å²) < 4.78 is 0. The molecule has 0 unspecified atom stereocenters. The van der Waals surface area contributed by atoms with E-state index in [-0.39, 0.29) is 16.7 Å². The maximum Gasteiger partial charge on any atom is 0.224 e. The molecule has 0 saturated heterocycles. The molecule has 0 aliphatic heterocycles. The number of nitrogens with one attached hydrogen (secondary N) is 1. The first kappa shape index (κ1) is 12.2. The van der Waals surface area contributed by atoms with Gasteiger partial charge in [-0.05, 0) is 37.0 Å². The lowest BCUT2D eigenvalue weighted by atomic mass is 10.0. The highest BCUT2D eigenvalue weighted by Crippen LogP contribution is 2.29. The number of anilines is 1. The number of carbonyl (C=O) groups excluding carboxylic acids is 1. The maximum absolute atomic E-state index is 11.7. The monoisotopic (exact) mass is 253 g/mol. The van der Waals surface area contributed by atoms with Crippen molar-refractivity contribution >= 4 is 23.2 Å². The molecule has 1 aliphatic rings. The molecular formula is C13H16ClNO2. The van der Waals surface area contributed by atoms with Crippen molar-refractivity contribution in [3.05, 3.63) is 23.2 Å². The number of carbonyl (C=O) groups is 1. The van der Waals surface area contributed by atoms with Gasteiger partial charge < -0.3 is 10.4 Å². The van der Waals surface area contributed by atoms with E-state index in [4.69, 9.17) is 11.6 Å². The second kappa shape index (κ2) is 5.41. The summed E-state index contributed by atoms with van der Waals surface area (Å²) in [6, 6.07) is 4.69. The zero-order valence-corrected chi connectivity index (χ0v) is 10.3. The van der Waals surface area contributed by atoms with E-state index in [0.29, 0.717) is 18.0 Å². The van der Waals surface area contributed by atoms with E-state index in [0.717, 1.165) is 12.8 Å². The van der Waals surface area contributed by atoms with Crippen LogP contribution in [0.15, 0.2) is 18.2 Å². The number of halogens is 1. The minimum Gasteiger partial charge on any atom is -0.506 e. The van der Waals surface area contributed by atoms with Gasteiger partial charge in [0.25, 0.3) is 0 Å². The molecule has 92 valence electrons. The highest BCUT2D eigenvalue weighted by Gasteiger charge is 2.18. The van der Waals surface area contributed by atoms with Gasteiger partial charge >= 0.3 is 0 Å². The Labute approximate surface area is 106 Å². The largest absolute Gasteiger partial charge is 0.506 e. The van der Waals surface area contributed by atoms with Crippen LogP contribution in [0, 0.1) is 5.92 Å². The van der Waals surface area contributed by atoms with Crippen molar-refractivity contribution in [2.24, 2.45) is 5.92 Å². The Morgan fingerprint density at radius 2 is 2.12 bits per heavy atom. The molecule has 0 atom stereocenters. The first-order valence-corrected chi connectivity index (χ1v) is 6.31. The Balaban J connectivity index is 1.90. The van der Waals surface area contributed by atoms with Gasteiger partial charge in [0, 0.05) is 12.1 Å². The van der Waals surface area contributed by atoms with E-state index in [9.17, 15) is 9.90 Å². The van der Waals surface area contributed by atoms with Crippen molar-refractivity contribution < 1.29 is 9.90 Å². The summed E-state index contributed by atoms with van der Waals surface area (Å²) in [6.07, 6.45) is 5.37. The van der Waals surface area contributed by atoms with E-state index in [1.54, 1.807) is 12.1 Å². The van der Waals surface area contributed by atoms with Crippen LogP contribution in [0.1, 0.15) is 32.1 Å². The topological polar surface area (TPSA) is 49.3 Å². The van der Waals surface area contributed by atoms with Gasteiger partial charge in [-0.2, -0.15) is 0 Å². The summed E-state index contributed by atoms with van der Waals surface area (Å²) in [7, 11) is 0. The number of hydrogen-bond acceptors (Lipinski definition) is 2. The average molecular weight is 254 g/mol. The number of rotatable bonds is 3. The molecule has 2 N–H and O–H groups in total. The Kier molecular flexibility index (Phi) is 3.89. The molecule has 1 aliphatic carbocycles. The SMILES string of the molecule is O=C(CC1CCCC1)Nc1ccc(O)c(Cl)c1. The average Bonchev–Trinajstić information content (AvgIpc) is 2.76. The normalized spacial score (nSPS) is 16.1. The molecule has 0 bridgehead atoms. The van der Waals surface area contributed by atoms with E-state index < -0.39 is 0 Å². The van der Waals surface area contributed by atoms with Crippen molar-refractivity contribution in [1.82, 2.24) is 0 Å². The third-order valence-electron chi connectivity index (χ3n) is 3.18. The van der Waals surface area contributed by atoms with Crippen LogP contribution in [0.25, 0.3) is 0 Å². The summed E-state index contributed by atoms with van der Waals surface area (Å²) >= 11 is 5.77. The molecule has 3 nitrogen and oxygen atoms in total. The summed E-state index contributed by atoms with van der Waals surface area (Å²) in [4.78, 5) is 11.7. The number of benzene rings is 1. The molecule has 2 rings (SSSR count). The quantitative estimate of drug-likeness (QED) is 0.809. The number of phenols is 1. The second-order valence-electron chi connectivity index (χ2n) is 4.57. The fourth-order valence-corrected chi connectivity index (χ4v) is 2.45.